The van der Waals surface area contributed by atoms with Crippen molar-refractivity contribution in [3.8, 4) is 5.75 Å². The molecule has 3 heteroatoms. The second-order valence-electron chi connectivity index (χ2n) is 8.60. The maximum Gasteiger partial charge on any atom is 0.122 e. The number of hydrogen-bond donors (Lipinski definition) is 0. The molecule has 26 heavy (non-hydrogen) atoms. The van der Waals surface area contributed by atoms with Crippen molar-refractivity contribution in [2.75, 3.05) is 26.8 Å². The Bertz CT molecular complexity index is 571. The largest absolute Gasteiger partial charge is 0.496 e. The zero-order valence-electron chi connectivity index (χ0n) is 17.2. The van der Waals surface area contributed by atoms with Gasteiger partial charge in [0.25, 0.3) is 0 Å². The first-order chi connectivity index (χ1) is 12.6. The molecule has 0 spiro atoms. The van der Waals surface area contributed by atoms with Crippen LogP contribution < -0.4 is 4.74 Å². The van der Waals surface area contributed by atoms with Crippen LogP contribution in [0.2, 0.25) is 0 Å². The van der Waals surface area contributed by atoms with Crippen LogP contribution in [-0.2, 0) is 11.2 Å². The van der Waals surface area contributed by atoms with E-state index in [0.717, 1.165) is 30.6 Å². The first-order valence-electron chi connectivity index (χ1n) is 10.6. The minimum absolute atomic E-state index is 0.419. The van der Waals surface area contributed by atoms with Crippen LogP contribution in [0.4, 0.5) is 0 Å². The molecule has 1 saturated carbocycles. The summed E-state index contributed by atoms with van der Waals surface area (Å²) >= 11 is 0. The Balaban J connectivity index is 1.52. The summed E-state index contributed by atoms with van der Waals surface area (Å²) < 4.78 is 11.9. The second kappa shape index (κ2) is 9.23. The Morgan fingerprint density at radius 3 is 2.69 bits per heavy atom. The van der Waals surface area contributed by atoms with Crippen molar-refractivity contribution in [1.82, 2.24) is 4.90 Å². The maximum absolute atomic E-state index is 6.43. The van der Waals surface area contributed by atoms with Gasteiger partial charge in [0.05, 0.1) is 19.8 Å². The predicted molar refractivity (Wildman–Crippen MR) is 108 cm³/mol. The Morgan fingerprint density at radius 1 is 1.15 bits per heavy atom. The van der Waals surface area contributed by atoms with E-state index in [1.807, 2.05) is 0 Å². The van der Waals surface area contributed by atoms with Gasteiger partial charge >= 0.3 is 0 Å². The van der Waals surface area contributed by atoms with Crippen LogP contribution in [0.15, 0.2) is 18.2 Å². The van der Waals surface area contributed by atoms with E-state index in [9.17, 15) is 0 Å². The van der Waals surface area contributed by atoms with Crippen LogP contribution in [0, 0.1) is 18.8 Å². The van der Waals surface area contributed by atoms with Gasteiger partial charge in [-0.25, -0.2) is 0 Å². The molecule has 1 aliphatic carbocycles. The van der Waals surface area contributed by atoms with Crippen molar-refractivity contribution in [2.24, 2.45) is 11.8 Å². The van der Waals surface area contributed by atoms with E-state index in [2.05, 4.69) is 43.9 Å². The van der Waals surface area contributed by atoms with Crippen molar-refractivity contribution in [2.45, 2.75) is 71.4 Å². The van der Waals surface area contributed by atoms with E-state index in [0.29, 0.717) is 12.1 Å². The Hall–Kier alpha value is -1.06. The standard InChI is InChI=1S/C23H37NO2/c1-17(2)20-11-13-24(16-20)21-7-5-6-8-22(21)26-14-12-19-10-9-18(3)23(15-19)25-4/h9-10,15,17,20-22H,5-8,11-14,16H2,1-4H3/t20-,21-,22-/m1/s1. The molecule has 0 N–H and O–H groups in total. The monoisotopic (exact) mass is 359 g/mol. The lowest BCUT2D eigenvalue weighted by Gasteiger charge is -2.38. The normalized spacial score (nSPS) is 27.2. The quantitative estimate of drug-likeness (QED) is 0.694. The van der Waals surface area contributed by atoms with Crippen molar-refractivity contribution in [3.63, 3.8) is 0 Å². The molecule has 1 aromatic rings. The van der Waals surface area contributed by atoms with E-state index in [4.69, 9.17) is 9.47 Å². The maximum atomic E-state index is 6.43. The fraction of sp³-hybridized carbons (Fsp3) is 0.739. The van der Waals surface area contributed by atoms with Gasteiger partial charge in [0.1, 0.15) is 5.75 Å². The molecule has 1 heterocycles. The molecule has 3 nitrogen and oxygen atoms in total. The Morgan fingerprint density at radius 2 is 1.96 bits per heavy atom. The highest BCUT2D eigenvalue weighted by atomic mass is 16.5. The van der Waals surface area contributed by atoms with Crippen LogP contribution in [0.3, 0.4) is 0 Å². The molecule has 3 atom stereocenters. The molecular weight excluding hydrogens is 322 g/mol. The lowest BCUT2D eigenvalue weighted by Crippen LogP contribution is -2.46. The molecular formula is C23H37NO2. The minimum Gasteiger partial charge on any atom is -0.496 e. The molecule has 2 aliphatic rings. The molecule has 0 aromatic heterocycles. The van der Waals surface area contributed by atoms with Crippen molar-refractivity contribution >= 4 is 0 Å². The van der Waals surface area contributed by atoms with Crippen LogP contribution in [0.25, 0.3) is 0 Å². The molecule has 1 aromatic carbocycles. The predicted octanol–water partition coefficient (Wildman–Crippen LogP) is 4.85. The number of ether oxygens (including phenoxy) is 2. The van der Waals surface area contributed by atoms with Crippen LogP contribution in [0.5, 0.6) is 5.75 Å². The number of rotatable bonds is 7. The summed E-state index contributed by atoms with van der Waals surface area (Å²) in [6, 6.07) is 7.14. The van der Waals surface area contributed by atoms with E-state index in [1.54, 1.807) is 7.11 Å². The summed E-state index contributed by atoms with van der Waals surface area (Å²) in [6.45, 7) is 10.2. The first-order valence-corrected chi connectivity index (χ1v) is 10.6. The van der Waals surface area contributed by atoms with E-state index < -0.39 is 0 Å². The van der Waals surface area contributed by atoms with Crippen molar-refractivity contribution in [1.29, 1.82) is 0 Å². The molecule has 0 radical (unpaired) electrons. The number of nitrogens with zero attached hydrogens (tertiary/aromatic N) is 1. The smallest absolute Gasteiger partial charge is 0.122 e. The Labute approximate surface area is 160 Å². The average molecular weight is 360 g/mol. The summed E-state index contributed by atoms with van der Waals surface area (Å²) in [5.74, 6) is 2.66. The molecule has 1 saturated heterocycles. The molecule has 0 bridgehead atoms. The lowest BCUT2D eigenvalue weighted by atomic mass is 9.91. The van der Waals surface area contributed by atoms with E-state index in [1.165, 1.54) is 56.3 Å². The zero-order valence-corrected chi connectivity index (χ0v) is 17.2. The molecule has 0 amide bonds. The van der Waals surface area contributed by atoms with Gasteiger partial charge in [0.15, 0.2) is 0 Å². The fourth-order valence-corrected chi connectivity index (χ4v) is 4.70. The van der Waals surface area contributed by atoms with Crippen LogP contribution >= 0.6 is 0 Å². The van der Waals surface area contributed by atoms with Crippen LogP contribution in [-0.4, -0.2) is 43.9 Å². The number of aryl methyl sites for hydroxylation is 1. The van der Waals surface area contributed by atoms with Gasteiger partial charge in [0, 0.05) is 12.6 Å². The summed E-state index contributed by atoms with van der Waals surface area (Å²) in [4.78, 5) is 2.74. The highest BCUT2D eigenvalue weighted by molar-refractivity contribution is 5.36. The van der Waals surface area contributed by atoms with E-state index in [-0.39, 0.29) is 0 Å². The topological polar surface area (TPSA) is 21.7 Å². The van der Waals surface area contributed by atoms with Gasteiger partial charge in [-0.3, -0.25) is 4.90 Å². The third-order valence-corrected chi connectivity index (χ3v) is 6.53. The van der Waals surface area contributed by atoms with Crippen molar-refractivity contribution < 1.29 is 9.47 Å². The van der Waals surface area contributed by atoms with Gasteiger partial charge in [-0.1, -0.05) is 38.8 Å². The Kier molecular flexibility index (Phi) is 6.99. The van der Waals surface area contributed by atoms with Gasteiger partial charge in [0.2, 0.25) is 0 Å². The summed E-state index contributed by atoms with van der Waals surface area (Å²) in [6.07, 6.45) is 7.97. The van der Waals surface area contributed by atoms with Crippen molar-refractivity contribution in [3.05, 3.63) is 29.3 Å². The van der Waals surface area contributed by atoms with E-state index >= 15 is 0 Å². The summed E-state index contributed by atoms with van der Waals surface area (Å²) in [5, 5.41) is 0. The van der Waals surface area contributed by atoms with Crippen LogP contribution in [0.1, 0.15) is 57.1 Å². The minimum atomic E-state index is 0.419. The second-order valence-corrected chi connectivity index (χ2v) is 8.60. The van der Waals surface area contributed by atoms with Gasteiger partial charge in [-0.05, 0) is 68.2 Å². The lowest BCUT2D eigenvalue weighted by molar-refractivity contribution is -0.0303. The number of benzene rings is 1. The average Bonchev–Trinajstić information content (AvgIpc) is 3.14. The molecule has 146 valence electrons. The molecule has 1 aliphatic heterocycles. The molecule has 2 fully saturated rings. The van der Waals surface area contributed by atoms with Gasteiger partial charge < -0.3 is 9.47 Å². The highest BCUT2D eigenvalue weighted by Gasteiger charge is 2.35. The summed E-state index contributed by atoms with van der Waals surface area (Å²) in [5.41, 5.74) is 2.50. The molecule has 3 rings (SSSR count). The third-order valence-electron chi connectivity index (χ3n) is 6.53. The third kappa shape index (κ3) is 4.80. The highest BCUT2D eigenvalue weighted by Crippen LogP contribution is 2.32. The number of likely N-dealkylation sites (tertiary alicyclic amines) is 1. The fourth-order valence-electron chi connectivity index (χ4n) is 4.70. The van der Waals surface area contributed by atoms with Gasteiger partial charge in [-0.2, -0.15) is 0 Å². The first kappa shape index (κ1) is 19.7. The number of methoxy groups -OCH3 is 1. The zero-order chi connectivity index (χ0) is 18.5. The summed E-state index contributed by atoms with van der Waals surface area (Å²) in [7, 11) is 1.75. The number of hydrogen-bond acceptors (Lipinski definition) is 3. The SMILES string of the molecule is COc1cc(CCO[C@@H]2CCCC[C@H]2N2CC[C@@H](C(C)C)C2)ccc1C. The molecule has 0 unspecified atom stereocenters. The van der Waals surface area contributed by atoms with Gasteiger partial charge in [-0.15, -0.1) is 0 Å².